The number of ether oxygens (including phenoxy) is 2. The summed E-state index contributed by atoms with van der Waals surface area (Å²) in [5.74, 6) is -2.19. The number of carbonyl (C=O) groups is 1. The molecule has 0 aromatic heterocycles. The van der Waals surface area contributed by atoms with E-state index in [1.165, 1.54) is 7.11 Å². The molecule has 1 saturated heterocycles. The minimum atomic E-state index is -0.763. The number of rotatable bonds is 3. The summed E-state index contributed by atoms with van der Waals surface area (Å²) in [6, 6.07) is 1.17. The molecule has 1 amide bonds. The molecule has 1 heterocycles. The van der Waals surface area contributed by atoms with Crippen LogP contribution in [0.2, 0.25) is 0 Å². The van der Waals surface area contributed by atoms with Crippen molar-refractivity contribution in [3.05, 3.63) is 23.8 Å². The van der Waals surface area contributed by atoms with Crippen LogP contribution in [0.25, 0.3) is 0 Å². The molecule has 0 bridgehead atoms. The number of carbonyl (C=O) groups excluding carboxylic acids is 1. The fourth-order valence-corrected chi connectivity index (χ4v) is 2.02. The first-order chi connectivity index (χ1) is 9.52. The van der Waals surface area contributed by atoms with E-state index in [1.807, 2.05) is 0 Å². The van der Waals surface area contributed by atoms with Crippen LogP contribution in [0.1, 0.15) is 6.92 Å². The minimum Gasteiger partial charge on any atom is -0.494 e. The van der Waals surface area contributed by atoms with Crippen molar-refractivity contribution in [1.82, 2.24) is 5.32 Å². The Bertz CT molecular complexity index is 511. The second-order valence-electron chi connectivity index (χ2n) is 4.46. The molecule has 5 nitrogen and oxygen atoms in total. The number of hydrogen-bond donors (Lipinski definition) is 2. The first-order valence-corrected chi connectivity index (χ1v) is 6.22. The maximum atomic E-state index is 13.7. The first kappa shape index (κ1) is 14.7. The summed E-state index contributed by atoms with van der Waals surface area (Å²) < 4.78 is 37.2. The summed E-state index contributed by atoms with van der Waals surface area (Å²) in [6.07, 6.45) is -0.338. The van der Waals surface area contributed by atoms with Gasteiger partial charge in [0.25, 0.3) is 0 Å². The van der Waals surface area contributed by atoms with Gasteiger partial charge in [0.05, 0.1) is 25.5 Å². The van der Waals surface area contributed by atoms with Crippen molar-refractivity contribution in [2.75, 3.05) is 25.6 Å². The third kappa shape index (κ3) is 3.05. The zero-order valence-corrected chi connectivity index (χ0v) is 11.2. The van der Waals surface area contributed by atoms with E-state index in [0.717, 1.165) is 12.1 Å². The predicted octanol–water partition coefficient (Wildman–Crippen LogP) is 1.29. The number of hydrogen-bond acceptors (Lipinski definition) is 4. The normalized spacial score (nSPS) is 22.4. The molecule has 110 valence electrons. The number of morpholine rings is 1. The third-order valence-corrected chi connectivity index (χ3v) is 3.10. The van der Waals surface area contributed by atoms with Crippen molar-refractivity contribution in [2.45, 2.75) is 19.1 Å². The molecule has 0 spiro atoms. The van der Waals surface area contributed by atoms with Crippen LogP contribution in [0.4, 0.5) is 14.5 Å². The number of amides is 1. The van der Waals surface area contributed by atoms with E-state index in [2.05, 4.69) is 15.4 Å². The van der Waals surface area contributed by atoms with Gasteiger partial charge in [-0.25, -0.2) is 8.78 Å². The Morgan fingerprint density at radius 1 is 1.45 bits per heavy atom. The third-order valence-electron chi connectivity index (χ3n) is 3.10. The Hall–Kier alpha value is -1.73. The van der Waals surface area contributed by atoms with Crippen LogP contribution in [0, 0.1) is 11.6 Å². The maximum Gasteiger partial charge on any atom is 0.244 e. The van der Waals surface area contributed by atoms with Crippen molar-refractivity contribution in [2.24, 2.45) is 0 Å². The largest absolute Gasteiger partial charge is 0.494 e. The summed E-state index contributed by atoms with van der Waals surface area (Å²) >= 11 is 0. The molecular weight excluding hydrogens is 270 g/mol. The van der Waals surface area contributed by atoms with E-state index in [4.69, 9.17) is 4.74 Å². The number of benzene rings is 1. The Labute approximate surface area is 115 Å². The molecule has 2 atom stereocenters. The Balaban J connectivity index is 2.13. The highest BCUT2D eigenvalue weighted by molar-refractivity contribution is 5.95. The smallest absolute Gasteiger partial charge is 0.244 e. The van der Waals surface area contributed by atoms with Crippen LogP contribution >= 0.6 is 0 Å². The molecule has 0 saturated carbocycles. The fourth-order valence-electron chi connectivity index (χ4n) is 2.02. The lowest BCUT2D eigenvalue weighted by Gasteiger charge is -2.29. The summed E-state index contributed by atoms with van der Waals surface area (Å²) in [6.45, 7) is 2.78. The molecule has 0 radical (unpaired) electrons. The average Bonchev–Trinajstić information content (AvgIpc) is 2.42. The van der Waals surface area contributed by atoms with Gasteiger partial charge >= 0.3 is 0 Å². The average molecular weight is 286 g/mol. The molecule has 0 unspecified atom stereocenters. The van der Waals surface area contributed by atoms with Crippen LogP contribution in [0.15, 0.2) is 12.1 Å². The Morgan fingerprint density at radius 2 is 2.20 bits per heavy atom. The van der Waals surface area contributed by atoms with Gasteiger partial charge in [0.15, 0.2) is 17.4 Å². The summed E-state index contributed by atoms with van der Waals surface area (Å²) in [5.41, 5.74) is -0.229. The van der Waals surface area contributed by atoms with Gasteiger partial charge in [0.1, 0.15) is 6.04 Å². The van der Waals surface area contributed by atoms with E-state index < -0.39 is 23.6 Å². The molecule has 1 aliphatic rings. The second kappa shape index (κ2) is 6.15. The van der Waals surface area contributed by atoms with Gasteiger partial charge in [0, 0.05) is 18.7 Å². The van der Waals surface area contributed by atoms with E-state index in [1.54, 1.807) is 6.92 Å². The number of halogens is 2. The fraction of sp³-hybridized carbons (Fsp3) is 0.462. The molecule has 20 heavy (non-hydrogen) atoms. The Kier molecular flexibility index (Phi) is 4.51. The van der Waals surface area contributed by atoms with Crippen molar-refractivity contribution in [3.63, 3.8) is 0 Å². The molecule has 2 N–H and O–H groups in total. The van der Waals surface area contributed by atoms with Crippen LogP contribution in [-0.4, -0.2) is 38.3 Å². The van der Waals surface area contributed by atoms with E-state index in [-0.39, 0.29) is 17.5 Å². The van der Waals surface area contributed by atoms with Gasteiger partial charge in [0.2, 0.25) is 5.91 Å². The maximum absolute atomic E-state index is 13.7. The van der Waals surface area contributed by atoms with Crippen molar-refractivity contribution >= 4 is 11.6 Å². The van der Waals surface area contributed by atoms with Gasteiger partial charge in [-0.2, -0.15) is 0 Å². The lowest BCUT2D eigenvalue weighted by atomic mass is 10.1. The van der Waals surface area contributed by atoms with E-state index in [9.17, 15) is 13.6 Å². The monoisotopic (exact) mass is 286 g/mol. The first-order valence-electron chi connectivity index (χ1n) is 6.22. The highest BCUT2D eigenvalue weighted by atomic mass is 19.1. The summed E-state index contributed by atoms with van der Waals surface area (Å²) in [4.78, 5) is 12.0. The molecule has 1 aliphatic heterocycles. The van der Waals surface area contributed by atoms with Crippen LogP contribution < -0.4 is 15.4 Å². The molecule has 0 aliphatic carbocycles. The second-order valence-corrected chi connectivity index (χ2v) is 4.46. The molecular formula is C13H16F2N2O3. The van der Waals surface area contributed by atoms with Gasteiger partial charge in [-0.05, 0) is 6.92 Å². The topological polar surface area (TPSA) is 59.6 Å². The zero-order valence-electron chi connectivity index (χ0n) is 11.2. The lowest BCUT2D eigenvalue weighted by molar-refractivity contribution is -0.123. The Morgan fingerprint density at radius 3 is 2.85 bits per heavy atom. The van der Waals surface area contributed by atoms with Crippen LogP contribution in [0.3, 0.4) is 0 Å². The molecule has 1 aromatic rings. The van der Waals surface area contributed by atoms with Crippen molar-refractivity contribution in [3.8, 4) is 5.75 Å². The van der Waals surface area contributed by atoms with Gasteiger partial charge < -0.3 is 20.1 Å². The minimum absolute atomic E-state index is 0.215. The quantitative estimate of drug-likeness (QED) is 0.879. The molecule has 1 aromatic carbocycles. The lowest BCUT2D eigenvalue weighted by Crippen LogP contribution is -2.53. The SMILES string of the molecule is COc1cc(F)c(NC(=O)[C@H]2NCCO[C@@H]2C)cc1F. The molecule has 1 fully saturated rings. The van der Waals surface area contributed by atoms with E-state index >= 15 is 0 Å². The summed E-state index contributed by atoms with van der Waals surface area (Å²) in [7, 11) is 1.24. The number of anilines is 1. The van der Waals surface area contributed by atoms with Gasteiger partial charge in [-0.3, -0.25) is 4.79 Å². The summed E-state index contributed by atoms with van der Waals surface area (Å²) in [5, 5.41) is 5.32. The standard InChI is InChI=1S/C13H16F2N2O3/c1-7-12(16-3-4-20-7)13(18)17-10-5-9(15)11(19-2)6-8(10)14/h5-7,12,16H,3-4H2,1-2H3,(H,17,18)/t7-,12+/m1/s1. The van der Waals surface area contributed by atoms with Crippen LogP contribution in [-0.2, 0) is 9.53 Å². The zero-order chi connectivity index (χ0) is 14.7. The highest BCUT2D eigenvalue weighted by Crippen LogP contribution is 2.25. The number of methoxy groups -OCH3 is 1. The van der Waals surface area contributed by atoms with Gasteiger partial charge in [-0.15, -0.1) is 0 Å². The van der Waals surface area contributed by atoms with Crippen molar-refractivity contribution in [1.29, 1.82) is 0 Å². The molecule has 2 rings (SSSR count). The predicted molar refractivity (Wildman–Crippen MR) is 68.7 cm³/mol. The highest BCUT2D eigenvalue weighted by Gasteiger charge is 2.29. The molecule has 7 heteroatoms. The van der Waals surface area contributed by atoms with Crippen molar-refractivity contribution < 1.29 is 23.0 Å². The van der Waals surface area contributed by atoms with Gasteiger partial charge in [-0.1, -0.05) is 0 Å². The number of nitrogens with one attached hydrogen (secondary N) is 2. The van der Waals surface area contributed by atoms with E-state index in [0.29, 0.717) is 13.2 Å². The van der Waals surface area contributed by atoms with Crippen LogP contribution in [0.5, 0.6) is 5.75 Å².